The Kier molecular flexibility index (Phi) is 16.0. The van der Waals surface area contributed by atoms with Crippen molar-refractivity contribution < 1.29 is 9.90 Å². The summed E-state index contributed by atoms with van der Waals surface area (Å²) < 4.78 is 0. The third kappa shape index (κ3) is 15.9. The van der Waals surface area contributed by atoms with E-state index in [1.165, 1.54) is 56.9 Å². The van der Waals surface area contributed by atoms with Crippen LogP contribution < -0.4 is 5.32 Å². The van der Waals surface area contributed by atoms with Gasteiger partial charge in [0.1, 0.15) is 11.9 Å². The predicted octanol–water partition coefficient (Wildman–Crippen LogP) is 8.07. The molecule has 0 aromatic carbocycles. The van der Waals surface area contributed by atoms with E-state index >= 15 is 0 Å². The average molecular weight is 477 g/mol. The van der Waals surface area contributed by atoms with Crippen LogP contribution in [0.25, 0.3) is 0 Å². The van der Waals surface area contributed by atoms with Gasteiger partial charge in [0, 0.05) is 17.7 Å². The Morgan fingerprint density at radius 1 is 1.03 bits per heavy atom. The third-order valence-electron chi connectivity index (χ3n) is 6.26. The topological polar surface area (TPSA) is 62.2 Å². The summed E-state index contributed by atoms with van der Waals surface area (Å²) in [6.45, 7) is 11.7. The molecule has 1 rings (SSSR count). The maximum Gasteiger partial charge on any atom is 0.327 e. The number of hydrogen-bond acceptors (Lipinski definition) is 4. The van der Waals surface area contributed by atoms with Gasteiger partial charge in [0.05, 0.1) is 0 Å². The van der Waals surface area contributed by atoms with Gasteiger partial charge in [-0.2, -0.15) is 11.8 Å². The highest BCUT2D eigenvalue weighted by Gasteiger charge is 2.17. The molecule has 0 amide bonds. The molecule has 3 atom stereocenters. The van der Waals surface area contributed by atoms with Crippen molar-refractivity contribution in [3.8, 4) is 0 Å². The van der Waals surface area contributed by atoms with Gasteiger partial charge in [-0.3, -0.25) is 0 Å². The summed E-state index contributed by atoms with van der Waals surface area (Å²) in [6.07, 6.45) is 15.9. The van der Waals surface area contributed by atoms with Crippen LogP contribution in [0.3, 0.4) is 0 Å². The van der Waals surface area contributed by atoms with Crippen LogP contribution >= 0.6 is 11.8 Å². The maximum absolute atomic E-state index is 11.5. The van der Waals surface area contributed by atoms with E-state index in [1.807, 2.05) is 12.1 Å². The highest BCUT2D eigenvalue weighted by Crippen LogP contribution is 2.22. The number of carboxylic acids is 1. The number of thioether (sulfide) groups is 1. The number of carboxylic acid groups (broad SMARTS) is 1. The van der Waals surface area contributed by atoms with E-state index in [4.69, 9.17) is 0 Å². The fourth-order valence-electron chi connectivity index (χ4n) is 4.00. The van der Waals surface area contributed by atoms with Gasteiger partial charge in [-0.25, -0.2) is 9.78 Å². The molecule has 0 spiro atoms. The van der Waals surface area contributed by atoms with Gasteiger partial charge in [-0.15, -0.1) is 0 Å². The fraction of sp³-hybridized carbons (Fsp3) is 0.714. The molecule has 0 aliphatic rings. The lowest BCUT2D eigenvalue weighted by Crippen LogP contribution is -2.32. The first-order valence-electron chi connectivity index (χ1n) is 12.9. The Labute approximate surface area is 207 Å². The summed E-state index contributed by atoms with van der Waals surface area (Å²) in [5.41, 5.74) is 1.41. The zero-order chi connectivity index (χ0) is 24.5. The van der Waals surface area contributed by atoms with Crippen molar-refractivity contribution in [1.82, 2.24) is 4.98 Å². The number of aromatic nitrogens is 1. The third-order valence-corrected chi connectivity index (χ3v) is 7.23. The molecule has 4 nitrogen and oxygen atoms in total. The lowest BCUT2D eigenvalue weighted by Gasteiger charge is -2.15. The Morgan fingerprint density at radius 3 is 2.24 bits per heavy atom. The van der Waals surface area contributed by atoms with E-state index in [9.17, 15) is 9.90 Å². The minimum absolute atomic E-state index is 0.516. The van der Waals surface area contributed by atoms with Gasteiger partial charge in [0.2, 0.25) is 0 Å². The molecule has 5 heteroatoms. The largest absolute Gasteiger partial charge is 0.480 e. The van der Waals surface area contributed by atoms with Gasteiger partial charge in [0.25, 0.3) is 0 Å². The summed E-state index contributed by atoms with van der Waals surface area (Å²) >= 11 is 1.65. The standard InChI is InChI=1S/C28H48N2O2S/c1-22(2)11-8-12-23(3)13-9-14-24(4)15-10-16-25(5)18-20-33-21-26(28(31)32)30-27-17-6-7-19-29-27/h6-7,17-19,22-24,26H,8-16,20-21H2,1-5H3,(H,29,30)(H,31,32). The average Bonchev–Trinajstić information content (AvgIpc) is 2.76. The molecule has 3 unspecified atom stereocenters. The Bertz CT molecular complexity index is 663. The van der Waals surface area contributed by atoms with Crippen LogP contribution in [0.15, 0.2) is 36.0 Å². The lowest BCUT2D eigenvalue weighted by atomic mass is 9.91. The number of pyridine rings is 1. The number of hydrogen-bond donors (Lipinski definition) is 2. The van der Waals surface area contributed by atoms with E-state index in [1.54, 1.807) is 24.0 Å². The number of rotatable bonds is 19. The summed E-state index contributed by atoms with van der Waals surface area (Å²) in [5, 5.41) is 12.4. The van der Waals surface area contributed by atoms with Crippen molar-refractivity contribution in [1.29, 1.82) is 0 Å². The summed E-state index contributed by atoms with van der Waals surface area (Å²) in [5.74, 6) is 3.65. The number of carbonyl (C=O) groups is 1. The second-order valence-corrected chi connectivity index (χ2v) is 11.3. The van der Waals surface area contributed by atoms with E-state index < -0.39 is 12.0 Å². The molecule has 33 heavy (non-hydrogen) atoms. The summed E-state index contributed by atoms with van der Waals surface area (Å²) in [4.78, 5) is 15.7. The number of aliphatic carboxylic acids is 1. The first kappa shape index (κ1) is 29.5. The number of anilines is 1. The van der Waals surface area contributed by atoms with Gasteiger partial charge < -0.3 is 10.4 Å². The molecule has 1 heterocycles. The van der Waals surface area contributed by atoms with Gasteiger partial charge in [-0.1, -0.05) is 90.4 Å². The van der Waals surface area contributed by atoms with Crippen LogP contribution in [-0.4, -0.2) is 33.6 Å². The lowest BCUT2D eigenvalue weighted by molar-refractivity contribution is -0.137. The Balaban J connectivity index is 2.14. The van der Waals surface area contributed by atoms with Crippen LogP contribution in [0.4, 0.5) is 5.82 Å². The molecule has 0 radical (unpaired) electrons. The molecule has 0 saturated carbocycles. The number of allylic oxidation sites excluding steroid dienone is 1. The highest BCUT2D eigenvalue weighted by molar-refractivity contribution is 7.99. The SMILES string of the molecule is CC(=CCSCC(Nc1ccccn1)C(=O)O)CCCC(C)CCCC(C)CCCC(C)C. The van der Waals surface area contributed by atoms with Gasteiger partial charge >= 0.3 is 5.97 Å². The molecule has 2 N–H and O–H groups in total. The van der Waals surface area contributed by atoms with Crippen molar-refractivity contribution in [2.45, 2.75) is 98.4 Å². The molecule has 1 aromatic heterocycles. The zero-order valence-electron chi connectivity index (χ0n) is 21.7. The summed E-state index contributed by atoms with van der Waals surface area (Å²) in [6, 6.07) is 4.84. The van der Waals surface area contributed by atoms with Crippen LogP contribution in [0.2, 0.25) is 0 Å². The molecular formula is C28H48N2O2S. The van der Waals surface area contributed by atoms with Crippen molar-refractivity contribution >= 4 is 23.5 Å². The number of nitrogens with zero attached hydrogens (tertiary/aromatic N) is 1. The molecule has 1 aromatic rings. The van der Waals surface area contributed by atoms with Crippen molar-refractivity contribution in [3.63, 3.8) is 0 Å². The van der Waals surface area contributed by atoms with E-state index in [2.05, 4.69) is 51.0 Å². The van der Waals surface area contributed by atoms with E-state index in [-0.39, 0.29) is 0 Å². The highest BCUT2D eigenvalue weighted by atomic mass is 32.2. The second-order valence-electron chi connectivity index (χ2n) is 10.2. The minimum atomic E-state index is -0.840. The van der Waals surface area contributed by atoms with Crippen molar-refractivity contribution in [3.05, 3.63) is 36.0 Å². The maximum atomic E-state index is 11.5. The monoisotopic (exact) mass is 476 g/mol. The predicted molar refractivity (Wildman–Crippen MR) is 145 cm³/mol. The molecular weight excluding hydrogens is 428 g/mol. The van der Waals surface area contributed by atoms with Gasteiger partial charge in [-0.05, 0) is 49.7 Å². The first-order valence-corrected chi connectivity index (χ1v) is 14.1. The molecule has 0 fully saturated rings. The molecule has 0 bridgehead atoms. The minimum Gasteiger partial charge on any atom is -0.480 e. The van der Waals surface area contributed by atoms with Crippen LogP contribution in [0, 0.1) is 17.8 Å². The first-order chi connectivity index (χ1) is 15.8. The smallest absolute Gasteiger partial charge is 0.327 e. The second kappa shape index (κ2) is 17.9. The number of nitrogens with one attached hydrogen (secondary N) is 1. The Morgan fingerprint density at radius 2 is 1.67 bits per heavy atom. The summed E-state index contributed by atoms with van der Waals surface area (Å²) in [7, 11) is 0. The van der Waals surface area contributed by atoms with E-state index in [0.717, 1.165) is 29.9 Å². The molecule has 0 aliphatic heterocycles. The quantitative estimate of drug-likeness (QED) is 0.156. The van der Waals surface area contributed by atoms with Crippen LogP contribution in [0.1, 0.15) is 92.4 Å². The van der Waals surface area contributed by atoms with Crippen LogP contribution in [-0.2, 0) is 4.79 Å². The van der Waals surface area contributed by atoms with Crippen molar-refractivity contribution in [2.24, 2.45) is 17.8 Å². The van der Waals surface area contributed by atoms with Crippen molar-refractivity contribution in [2.75, 3.05) is 16.8 Å². The normalized spacial score (nSPS) is 14.8. The Hall–Kier alpha value is -1.49. The van der Waals surface area contributed by atoms with Gasteiger partial charge in [0.15, 0.2) is 0 Å². The molecule has 0 saturated heterocycles. The zero-order valence-corrected chi connectivity index (χ0v) is 22.5. The molecule has 188 valence electrons. The van der Waals surface area contributed by atoms with Crippen LogP contribution in [0.5, 0.6) is 0 Å². The van der Waals surface area contributed by atoms with E-state index in [0.29, 0.717) is 11.6 Å². The molecule has 0 aliphatic carbocycles. The fourth-order valence-corrected chi connectivity index (χ4v) is 5.00.